The molecule has 12 heavy (non-hydrogen) atoms. The summed E-state index contributed by atoms with van der Waals surface area (Å²) in [6.45, 7) is 1.44. The molecule has 0 aliphatic rings. The van der Waals surface area contributed by atoms with Crippen LogP contribution in [0, 0.1) is 16.4 Å². The zero-order valence-corrected chi connectivity index (χ0v) is 8.27. The van der Waals surface area contributed by atoms with Crippen molar-refractivity contribution < 1.29 is 13.2 Å². The summed E-state index contributed by atoms with van der Waals surface area (Å²) >= 11 is 1.59. The third-order valence-electron chi connectivity index (χ3n) is 1.34. The highest BCUT2D eigenvalue weighted by Crippen LogP contribution is 2.21. The molecule has 0 aliphatic heterocycles. The van der Waals surface area contributed by atoms with Crippen molar-refractivity contribution in [3.8, 4) is 0 Å². The molecular weight excluding hydrogens is 282 g/mol. The van der Waals surface area contributed by atoms with E-state index in [0.29, 0.717) is 0 Å². The van der Waals surface area contributed by atoms with Crippen molar-refractivity contribution in [1.29, 1.82) is 0 Å². The maximum absolute atomic E-state index is 12.9. The largest absolute Gasteiger partial charge is 0.280 e. The number of aryl methyl sites for hydroxylation is 1. The first-order valence-electron chi connectivity index (χ1n) is 3.13. The van der Waals surface area contributed by atoms with Crippen molar-refractivity contribution in [3.05, 3.63) is 26.8 Å². The molecule has 0 fully saturated rings. The summed E-state index contributed by atoms with van der Waals surface area (Å²) in [5, 5.41) is 0. The molecule has 1 rings (SSSR count). The lowest BCUT2D eigenvalue weighted by molar-refractivity contribution is 0.145. The van der Waals surface area contributed by atoms with Crippen LogP contribution in [0.1, 0.15) is 17.7 Å². The number of halogens is 4. The van der Waals surface area contributed by atoms with Crippen LogP contribution < -0.4 is 0 Å². The van der Waals surface area contributed by atoms with Gasteiger partial charge in [-0.3, -0.25) is 0 Å². The Kier molecular flexibility index (Phi) is 2.92. The highest BCUT2D eigenvalue weighted by Gasteiger charge is 2.13. The standard InChI is InChI=1S/C7H5F3IN/c1-3-2-4(6(9)10)12-7(11)5(3)8/h2,6H,1H3. The van der Waals surface area contributed by atoms with Crippen molar-refractivity contribution in [3.63, 3.8) is 0 Å². The summed E-state index contributed by atoms with van der Waals surface area (Å²) in [6.07, 6.45) is -2.64. The van der Waals surface area contributed by atoms with Gasteiger partial charge in [-0.25, -0.2) is 18.2 Å². The molecule has 1 aromatic rings. The van der Waals surface area contributed by atoms with E-state index in [-0.39, 0.29) is 15.0 Å². The molecule has 0 radical (unpaired) electrons. The number of aromatic nitrogens is 1. The van der Waals surface area contributed by atoms with Crippen molar-refractivity contribution in [2.45, 2.75) is 13.3 Å². The summed E-state index contributed by atoms with van der Waals surface area (Å²) in [5.74, 6) is -0.528. The Morgan fingerprint density at radius 1 is 1.50 bits per heavy atom. The van der Waals surface area contributed by atoms with Crippen molar-refractivity contribution in [2.75, 3.05) is 0 Å². The Labute approximate surface area is 81.1 Å². The van der Waals surface area contributed by atoms with Gasteiger partial charge in [-0.1, -0.05) is 0 Å². The Bertz CT molecular complexity index is 278. The zero-order valence-electron chi connectivity index (χ0n) is 6.11. The van der Waals surface area contributed by atoms with Crippen LogP contribution in [0.5, 0.6) is 0 Å². The average Bonchev–Trinajstić information content (AvgIpc) is 1.99. The minimum absolute atomic E-state index is 0.0112. The molecule has 1 heterocycles. The van der Waals surface area contributed by atoms with Crippen LogP contribution in [0.2, 0.25) is 0 Å². The highest BCUT2D eigenvalue weighted by molar-refractivity contribution is 14.1. The Balaban J connectivity index is 3.21. The van der Waals surface area contributed by atoms with Crippen LogP contribution in [0.4, 0.5) is 13.2 Å². The van der Waals surface area contributed by atoms with Gasteiger partial charge >= 0.3 is 0 Å². The Morgan fingerprint density at radius 2 is 2.08 bits per heavy atom. The number of pyridine rings is 1. The minimum atomic E-state index is -2.64. The normalized spacial score (nSPS) is 10.8. The first-order chi connectivity index (χ1) is 5.52. The summed E-state index contributed by atoms with van der Waals surface area (Å²) in [4.78, 5) is 3.39. The van der Waals surface area contributed by atoms with Crippen molar-refractivity contribution in [1.82, 2.24) is 4.98 Å². The van der Waals surface area contributed by atoms with Gasteiger partial charge < -0.3 is 0 Å². The molecule has 0 saturated carbocycles. The van der Waals surface area contributed by atoms with Gasteiger partial charge in [0.05, 0.1) is 0 Å². The van der Waals surface area contributed by atoms with Crippen LogP contribution in [-0.2, 0) is 0 Å². The number of rotatable bonds is 1. The highest BCUT2D eigenvalue weighted by atomic mass is 127. The molecule has 0 bridgehead atoms. The fourth-order valence-corrected chi connectivity index (χ4v) is 1.46. The zero-order chi connectivity index (χ0) is 9.30. The third-order valence-corrected chi connectivity index (χ3v) is 2.06. The maximum Gasteiger partial charge on any atom is 0.280 e. The van der Waals surface area contributed by atoms with Gasteiger partial charge in [-0.05, 0) is 41.1 Å². The fourth-order valence-electron chi connectivity index (χ4n) is 0.754. The molecule has 0 spiro atoms. The SMILES string of the molecule is Cc1cc(C(F)F)nc(I)c1F. The Morgan fingerprint density at radius 3 is 2.50 bits per heavy atom. The van der Waals surface area contributed by atoms with Crippen LogP contribution >= 0.6 is 22.6 Å². The molecule has 0 amide bonds. The molecule has 0 aliphatic carbocycles. The van der Waals surface area contributed by atoms with Gasteiger partial charge in [0.15, 0.2) is 5.82 Å². The predicted molar refractivity (Wildman–Crippen MR) is 46.6 cm³/mol. The second kappa shape index (κ2) is 3.59. The summed E-state index contributed by atoms with van der Waals surface area (Å²) < 4.78 is 37.0. The molecule has 0 saturated heterocycles. The molecule has 0 N–H and O–H groups in total. The second-order valence-corrected chi connectivity index (χ2v) is 3.29. The van der Waals surface area contributed by atoms with Crippen LogP contribution in [0.25, 0.3) is 0 Å². The average molecular weight is 287 g/mol. The number of hydrogen-bond acceptors (Lipinski definition) is 1. The van der Waals surface area contributed by atoms with Crippen LogP contribution in [0.15, 0.2) is 6.07 Å². The molecule has 0 aromatic carbocycles. The molecule has 1 nitrogen and oxygen atoms in total. The lowest BCUT2D eigenvalue weighted by Crippen LogP contribution is -1.98. The molecule has 0 unspecified atom stereocenters. The van der Waals surface area contributed by atoms with Crippen molar-refractivity contribution >= 4 is 22.6 Å². The first-order valence-corrected chi connectivity index (χ1v) is 4.21. The van der Waals surface area contributed by atoms with E-state index >= 15 is 0 Å². The summed E-state index contributed by atoms with van der Waals surface area (Å²) in [7, 11) is 0. The maximum atomic E-state index is 12.9. The van der Waals surface area contributed by atoms with E-state index in [9.17, 15) is 13.2 Å². The third kappa shape index (κ3) is 1.88. The van der Waals surface area contributed by atoms with Gasteiger partial charge in [-0.15, -0.1) is 0 Å². The first kappa shape index (κ1) is 9.76. The lowest BCUT2D eigenvalue weighted by atomic mass is 10.2. The van der Waals surface area contributed by atoms with Crippen LogP contribution in [-0.4, -0.2) is 4.98 Å². The van der Waals surface area contributed by atoms with Gasteiger partial charge in [0.25, 0.3) is 6.43 Å². The van der Waals surface area contributed by atoms with Gasteiger partial charge in [0.1, 0.15) is 9.39 Å². The topological polar surface area (TPSA) is 12.9 Å². The number of hydrogen-bond donors (Lipinski definition) is 0. The van der Waals surface area contributed by atoms with Gasteiger partial charge in [-0.2, -0.15) is 0 Å². The predicted octanol–water partition coefficient (Wildman–Crippen LogP) is 3.07. The van der Waals surface area contributed by atoms with E-state index in [1.807, 2.05) is 0 Å². The molecule has 1 aromatic heterocycles. The molecular formula is C7H5F3IN. The second-order valence-electron chi connectivity index (χ2n) is 2.27. The van der Waals surface area contributed by atoms with Crippen LogP contribution in [0.3, 0.4) is 0 Å². The van der Waals surface area contributed by atoms with Gasteiger partial charge in [0, 0.05) is 0 Å². The summed E-state index contributed by atoms with van der Waals surface area (Å²) in [5.41, 5.74) is -0.178. The van der Waals surface area contributed by atoms with E-state index in [1.54, 1.807) is 22.6 Å². The number of nitrogens with zero attached hydrogens (tertiary/aromatic N) is 1. The molecule has 0 atom stereocenters. The smallest absolute Gasteiger partial charge is 0.238 e. The van der Waals surface area contributed by atoms with E-state index in [0.717, 1.165) is 6.07 Å². The Hall–Kier alpha value is -0.330. The van der Waals surface area contributed by atoms with E-state index < -0.39 is 12.2 Å². The number of alkyl halides is 2. The quantitative estimate of drug-likeness (QED) is 0.571. The molecule has 66 valence electrons. The van der Waals surface area contributed by atoms with Crippen molar-refractivity contribution in [2.24, 2.45) is 0 Å². The van der Waals surface area contributed by atoms with E-state index in [1.165, 1.54) is 6.92 Å². The lowest BCUT2D eigenvalue weighted by Gasteiger charge is -2.02. The van der Waals surface area contributed by atoms with E-state index in [2.05, 4.69) is 4.98 Å². The monoisotopic (exact) mass is 287 g/mol. The molecule has 5 heteroatoms. The summed E-state index contributed by atoms with van der Waals surface area (Å²) in [6, 6.07) is 1.06. The fraction of sp³-hybridized carbons (Fsp3) is 0.286. The van der Waals surface area contributed by atoms with E-state index in [4.69, 9.17) is 0 Å². The van der Waals surface area contributed by atoms with Gasteiger partial charge in [0.2, 0.25) is 0 Å². The minimum Gasteiger partial charge on any atom is -0.238 e.